The van der Waals surface area contributed by atoms with Gasteiger partial charge in [-0.25, -0.2) is 8.78 Å². The van der Waals surface area contributed by atoms with E-state index in [2.05, 4.69) is 0 Å². The Labute approximate surface area is 56.3 Å². The van der Waals surface area contributed by atoms with Crippen molar-refractivity contribution in [3.05, 3.63) is 0 Å². The van der Waals surface area contributed by atoms with Crippen molar-refractivity contribution in [2.24, 2.45) is 5.41 Å². The predicted octanol–water partition coefficient (Wildman–Crippen LogP) is 0.335. The fourth-order valence-electron chi connectivity index (χ4n) is 0.230. The first kappa shape index (κ1) is 9.29. The number of halogens is 2. The zero-order valence-electron chi connectivity index (χ0n) is 5.34. The molecule has 0 spiro atoms. The third kappa shape index (κ3) is 1.41. The maximum atomic E-state index is 11.8. The third-order valence-corrected chi connectivity index (χ3v) is 1.30. The predicted molar refractivity (Wildman–Crippen MR) is 28.8 cm³/mol. The Hall–Kier alpha value is -0.710. The summed E-state index contributed by atoms with van der Waals surface area (Å²) < 4.78 is 23.6. The van der Waals surface area contributed by atoms with E-state index in [1.165, 1.54) is 0 Å². The molecule has 10 heavy (non-hydrogen) atoms. The van der Waals surface area contributed by atoms with E-state index in [1.54, 1.807) is 0 Å². The Morgan fingerprint density at radius 2 is 2.10 bits per heavy atom. The molecule has 0 aliphatic heterocycles. The minimum Gasteiger partial charge on any atom is -0.481 e. The van der Waals surface area contributed by atoms with Crippen LogP contribution in [0.25, 0.3) is 0 Å². The standard InChI is InChI=1S/C5H8F2O3/c1-5(2-8,3(6)7)4(9)10/h3,8H,2H2,1H3,(H,9,10). The number of alkyl halides is 2. The molecule has 0 saturated carbocycles. The Bertz CT molecular complexity index is 137. The lowest BCUT2D eigenvalue weighted by atomic mass is 9.93. The minimum atomic E-state index is -3.05. The molecule has 2 N–H and O–H groups in total. The van der Waals surface area contributed by atoms with Gasteiger partial charge in [0.2, 0.25) is 0 Å². The van der Waals surface area contributed by atoms with E-state index < -0.39 is 24.4 Å². The fraction of sp³-hybridized carbons (Fsp3) is 0.800. The molecular formula is C5H8F2O3. The molecule has 5 heteroatoms. The number of aliphatic carboxylic acids is 1. The van der Waals surface area contributed by atoms with Gasteiger partial charge >= 0.3 is 5.97 Å². The van der Waals surface area contributed by atoms with E-state index in [9.17, 15) is 13.6 Å². The highest BCUT2D eigenvalue weighted by Gasteiger charge is 2.42. The van der Waals surface area contributed by atoms with Crippen LogP contribution in [0.15, 0.2) is 0 Å². The van der Waals surface area contributed by atoms with Gasteiger partial charge in [0.15, 0.2) is 0 Å². The molecule has 1 atom stereocenters. The van der Waals surface area contributed by atoms with E-state index in [0.29, 0.717) is 0 Å². The van der Waals surface area contributed by atoms with Crippen LogP contribution in [-0.4, -0.2) is 29.2 Å². The molecule has 0 radical (unpaired) electrons. The summed E-state index contributed by atoms with van der Waals surface area (Å²) in [6.07, 6.45) is -3.05. The van der Waals surface area contributed by atoms with Crippen molar-refractivity contribution in [1.82, 2.24) is 0 Å². The number of aliphatic hydroxyl groups is 1. The maximum Gasteiger partial charge on any atom is 0.317 e. The zero-order valence-corrected chi connectivity index (χ0v) is 5.34. The first-order valence-electron chi connectivity index (χ1n) is 2.57. The molecule has 3 nitrogen and oxygen atoms in total. The highest BCUT2D eigenvalue weighted by Crippen LogP contribution is 2.24. The summed E-state index contributed by atoms with van der Waals surface area (Å²) in [7, 11) is 0. The normalized spacial score (nSPS) is 16.9. The lowest BCUT2D eigenvalue weighted by molar-refractivity contribution is -0.161. The monoisotopic (exact) mass is 154 g/mol. The molecule has 0 aliphatic carbocycles. The van der Waals surface area contributed by atoms with Gasteiger partial charge in [-0.1, -0.05) is 0 Å². The van der Waals surface area contributed by atoms with Crippen molar-refractivity contribution in [2.45, 2.75) is 13.3 Å². The second-order valence-electron chi connectivity index (χ2n) is 2.18. The van der Waals surface area contributed by atoms with Crippen molar-refractivity contribution >= 4 is 5.97 Å². The molecular weight excluding hydrogens is 146 g/mol. The Balaban J connectivity index is 4.38. The van der Waals surface area contributed by atoms with Gasteiger partial charge in [0.1, 0.15) is 5.41 Å². The van der Waals surface area contributed by atoms with Gasteiger partial charge in [0.25, 0.3) is 6.43 Å². The van der Waals surface area contributed by atoms with Gasteiger partial charge in [-0.15, -0.1) is 0 Å². The number of rotatable bonds is 3. The Kier molecular flexibility index (Phi) is 2.71. The van der Waals surface area contributed by atoms with Crippen LogP contribution < -0.4 is 0 Å². The van der Waals surface area contributed by atoms with E-state index >= 15 is 0 Å². The van der Waals surface area contributed by atoms with Crippen LogP contribution in [0.5, 0.6) is 0 Å². The number of hydrogen-bond acceptors (Lipinski definition) is 2. The summed E-state index contributed by atoms with van der Waals surface area (Å²) in [6.45, 7) is -0.264. The van der Waals surface area contributed by atoms with Crippen LogP contribution in [0, 0.1) is 5.41 Å². The highest BCUT2D eigenvalue weighted by atomic mass is 19.3. The molecule has 0 aromatic heterocycles. The van der Waals surface area contributed by atoms with Gasteiger partial charge in [0, 0.05) is 0 Å². The average molecular weight is 154 g/mol. The molecule has 0 aromatic carbocycles. The lowest BCUT2D eigenvalue weighted by Gasteiger charge is -2.19. The summed E-state index contributed by atoms with van der Waals surface area (Å²) in [5.74, 6) is -1.69. The second-order valence-corrected chi connectivity index (χ2v) is 2.18. The summed E-state index contributed by atoms with van der Waals surface area (Å²) in [6, 6.07) is 0. The quantitative estimate of drug-likeness (QED) is 0.616. The number of carboxylic acid groups (broad SMARTS) is 1. The van der Waals surface area contributed by atoms with Crippen molar-refractivity contribution < 1.29 is 23.8 Å². The first-order chi connectivity index (χ1) is 4.45. The van der Waals surface area contributed by atoms with Gasteiger partial charge in [-0.05, 0) is 6.92 Å². The highest BCUT2D eigenvalue weighted by molar-refractivity contribution is 5.74. The van der Waals surface area contributed by atoms with E-state index in [4.69, 9.17) is 10.2 Å². The van der Waals surface area contributed by atoms with Crippen LogP contribution in [0.4, 0.5) is 8.78 Å². The second kappa shape index (κ2) is 2.92. The van der Waals surface area contributed by atoms with Crippen molar-refractivity contribution in [3.63, 3.8) is 0 Å². The van der Waals surface area contributed by atoms with Crippen molar-refractivity contribution in [1.29, 1.82) is 0 Å². The van der Waals surface area contributed by atoms with Crippen LogP contribution in [0.3, 0.4) is 0 Å². The summed E-state index contributed by atoms with van der Waals surface area (Å²) in [4.78, 5) is 10.1. The fourth-order valence-corrected chi connectivity index (χ4v) is 0.230. The van der Waals surface area contributed by atoms with Crippen molar-refractivity contribution in [2.75, 3.05) is 6.61 Å². The van der Waals surface area contributed by atoms with Crippen molar-refractivity contribution in [3.8, 4) is 0 Å². The largest absolute Gasteiger partial charge is 0.481 e. The molecule has 0 rings (SSSR count). The van der Waals surface area contributed by atoms with Crippen LogP contribution >= 0.6 is 0 Å². The molecule has 0 fully saturated rings. The van der Waals surface area contributed by atoms with Crippen LogP contribution in [0.1, 0.15) is 6.92 Å². The minimum absolute atomic E-state index is 0.792. The van der Waals surface area contributed by atoms with Gasteiger partial charge in [0.05, 0.1) is 6.61 Å². The summed E-state index contributed by atoms with van der Waals surface area (Å²) in [5, 5.41) is 16.4. The van der Waals surface area contributed by atoms with E-state index in [0.717, 1.165) is 6.92 Å². The van der Waals surface area contributed by atoms with E-state index in [1.807, 2.05) is 0 Å². The Morgan fingerprint density at radius 1 is 1.70 bits per heavy atom. The van der Waals surface area contributed by atoms with Gasteiger partial charge < -0.3 is 10.2 Å². The van der Waals surface area contributed by atoms with Crippen LogP contribution in [-0.2, 0) is 4.79 Å². The molecule has 0 bridgehead atoms. The molecule has 1 unspecified atom stereocenters. The zero-order chi connectivity index (χ0) is 8.36. The Morgan fingerprint density at radius 3 is 2.10 bits per heavy atom. The molecule has 0 aliphatic rings. The van der Waals surface area contributed by atoms with Gasteiger partial charge in [-0.3, -0.25) is 4.79 Å². The molecule has 0 heterocycles. The van der Waals surface area contributed by atoms with Gasteiger partial charge in [-0.2, -0.15) is 0 Å². The molecule has 0 aromatic rings. The average Bonchev–Trinajstić information content (AvgIpc) is 1.85. The number of carboxylic acids is 1. The number of carbonyl (C=O) groups is 1. The molecule has 60 valence electrons. The number of hydrogen-bond donors (Lipinski definition) is 2. The number of aliphatic hydroxyl groups excluding tert-OH is 1. The smallest absolute Gasteiger partial charge is 0.317 e. The maximum absolute atomic E-state index is 11.8. The SMILES string of the molecule is CC(CO)(C(=O)O)C(F)F. The molecule has 0 amide bonds. The third-order valence-electron chi connectivity index (χ3n) is 1.30. The summed E-state index contributed by atoms with van der Waals surface area (Å²) >= 11 is 0. The first-order valence-corrected chi connectivity index (χ1v) is 2.57. The molecule has 0 saturated heterocycles. The van der Waals surface area contributed by atoms with E-state index in [-0.39, 0.29) is 0 Å². The van der Waals surface area contributed by atoms with Crippen LogP contribution in [0.2, 0.25) is 0 Å². The summed E-state index contributed by atoms with van der Waals surface area (Å²) in [5.41, 5.74) is -2.32. The lowest BCUT2D eigenvalue weighted by Crippen LogP contribution is -2.38. The topological polar surface area (TPSA) is 57.5 Å².